The topological polar surface area (TPSA) is 53.6 Å². The first kappa shape index (κ1) is 10.6. The molecule has 0 spiro atoms. The number of anilines is 1. The van der Waals surface area contributed by atoms with Gasteiger partial charge in [-0.1, -0.05) is 6.92 Å². The van der Waals surface area contributed by atoms with Crippen molar-refractivity contribution >= 4 is 16.7 Å². The SMILES string of the molecule is C[C@H]1CC[C@H](Nc2ccnc3[nH]ncc23)CC1. The van der Waals surface area contributed by atoms with Crippen LogP contribution in [0, 0.1) is 5.92 Å². The maximum atomic E-state index is 4.25. The maximum Gasteiger partial charge on any atom is 0.157 e. The van der Waals surface area contributed by atoms with Crippen LogP contribution in [-0.4, -0.2) is 21.2 Å². The Morgan fingerprint density at radius 2 is 2.12 bits per heavy atom. The zero-order valence-corrected chi connectivity index (χ0v) is 10.1. The van der Waals surface area contributed by atoms with Crippen LogP contribution in [0.1, 0.15) is 32.6 Å². The van der Waals surface area contributed by atoms with Gasteiger partial charge in [0, 0.05) is 17.9 Å². The highest BCUT2D eigenvalue weighted by molar-refractivity contribution is 5.88. The van der Waals surface area contributed by atoms with Crippen molar-refractivity contribution in [3.8, 4) is 0 Å². The van der Waals surface area contributed by atoms with E-state index in [9.17, 15) is 0 Å². The molecule has 2 heterocycles. The van der Waals surface area contributed by atoms with Crippen LogP contribution in [0.25, 0.3) is 11.0 Å². The third-order valence-electron chi connectivity index (χ3n) is 3.73. The number of pyridine rings is 1. The number of aromatic nitrogens is 3. The Morgan fingerprint density at radius 1 is 1.29 bits per heavy atom. The number of nitrogens with zero attached hydrogens (tertiary/aromatic N) is 2. The van der Waals surface area contributed by atoms with E-state index in [2.05, 4.69) is 27.4 Å². The lowest BCUT2D eigenvalue weighted by atomic mass is 9.87. The van der Waals surface area contributed by atoms with E-state index in [0.717, 1.165) is 22.6 Å². The van der Waals surface area contributed by atoms with Crippen molar-refractivity contribution < 1.29 is 0 Å². The molecule has 2 aromatic heterocycles. The first-order valence-corrected chi connectivity index (χ1v) is 6.37. The number of fused-ring (bicyclic) bond motifs is 1. The molecule has 0 aliphatic heterocycles. The molecule has 0 bridgehead atoms. The van der Waals surface area contributed by atoms with Gasteiger partial charge in [0.1, 0.15) is 0 Å². The predicted octanol–water partition coefficient (Wildman–Crippen LogP) is 2.95. The fourth-order valence-corrected chi connectivity index (χ4v) is 2.60. The van der Waals surface area contributed by atoms with Crippen molar-refractivity contribution in [3.63, 3.8) is 0 Å². The Hall–Kier alpha value is -1.58. The van der Waals surface area contributed by atoms with Crippen LogP contribution in [0.5, 0.6) is 0 Å². The summed E-state index contributed by atoms with van der Waals surface area (Å²) in [6.07, 6.45) is 8.87. The molecule has 4 nitrogen and oxygen atoms in total. The monoisotopic (exact) mass is 230 g/mol. The maximum absolute atomic E-state index is 4.25. The van der Waals surface area contributed by atoms with Crippen molar-refractivity contribution in [3.05, 3.63) is 18.5 Å². The highest BCUT2D eigenvalue weighted by atomic mass is 15.1. The Balaban J connectivity index is 1.78. The summed E-state index contributed by atoms with van der Waals surface area (Å²) in [4.78, 5) is 4.25. The zero-order valence-electron chi connectivity index (χ0n) is 10.1. The van der Waals surface area contributed by atoms with E-state index in [1.165, 1.54) is 25.7 Å². The first-order chi connectivity index (χ1) is 8.33. The third-order valence-corrected chi connectivity index (χ3v) is 3.73. The van der Waals surface area contributed by atoms with E-state index in [1.54, 1.807) is 0 Å². The fraction of sp³-hybridized carbons (Fsp3) is 0.538. The summed E-state index contributed by atoms with van der Waals surface area (Å²) in [5, 5.41) is 11.7. The predicted molar refractivity (Wildman–Crippen MR) is 68.9 cm³/mol. The molecule has 1 saturated carbocycles. The molecule has 0 unspecified atom stereocenters. The average Bonchev–Trinajstić information content (AvgIpc) is 2.81. The van der Waals surface area contributed by atoms with Gasteiger partial charge in [0.25, 0.3) is 0 Å². The van der Waals surface area contributed by atoms with E-state index in [0.29, 0.717) is 6.04 Å². The molecule has 3 rings (SSSR count). The molecule has 90 valence electrons. The van der Waals surface area contributed by atoms with Crippen molar-refractivity contribution in [2.75, 3.05) is 5.32 Å². The first-order valence-electron chi connectivity index (χ1n) is 6.37. The minimum atomic E-state index is 0.603. The molecule has 2 aromatic rings. The summed E-state index contributed by atoms with van der Waals surface area (Å²) in [5.74, 6) is 0.888. The molecular formula is C13H18N4. The highest BCUT2D eigenvalue weighted by Gasteiger charge is 2.18. The van der Waals surface area contributed by atoms with Gasteiger partial charge in [0.2, 0.25) is 0 Å². The van der Waals surface area contributed by atoms with Gasteiger partial charge in [0.05, 0.1) is 11.6 Å². The zero-order chi connectivity index (χ0) is 11.7. The lowest BCUT2D eigenvalue weighted by molar-refractivity contribution is 0.361. The Morgan fingerprint density at radius 3 is 2.94 bits per heavy atom. The Kier molecular flexibility index (Phi) is 2.71. The van der Waals surface area contributed by atoms with Crippen LogP contribution in [0.2, 0.25) is 0 Å². The summed E-state index contributed by atoms with van der Waals surface area (Å²) in [6.45, 7) is 2.34. The highest BCUT2D eigenvalue weighted by Crippen LogP contribution is 2.28. The quantitative estimate of drug-likeness (QED) is 0.834. The smallest absolute Gasteiger partial charge is 0.157 e. The second-order valence-electron chi connectivity index (χ2n) is 5.09. The average molecular weight is 230 g/mol. The van der Waals surface area contributed by atoms with Crippen LogP contribution in [0.15, 0.2) is 18.5 Å². The number of hydrogen-bond acceptors (Lipinski definition) is 3. The molecule has 1 aliphatic carbocycles. The molecule has 4 heteroatoms. The van der Waals surface area contributed by atoms with E-state index >= 15 is 0 Å². The Labute approximate surface area is 101 Å². The van der Waals surface area contributed by atoms with Crippen molar-refractivity contribution in [2.45, 2.75) is 38.6 Å². The molecule has 0 amide bonds. The van der Waals surface area contributed by atoms with Crippen LogP contribution >= 0.6 is 0 Å². The summed E-state index contributed by atoms with van der Waals surface area (Å²) >= 11 is 0. The van der Waals surface area contributed by atoms with Gasteiger partial charge in [-0.05, 0) is 37.7 Å². The number of H-pyrrole nitrogens is 1. The van der Waals surface area contributed by atoms with Gasteiger partial charge in [-0.25, -0.2) is 4.98 Å². The molecule has 1 aliphatic rings. The van der Waals surface area contributed by atoms with E-state index in [-0.39, 0.29) is 0 Å². The number of rotatable bonds is 2. The summed E-state index contributed by atoms with van der Waals surface area (Å²) in [5.41, 5.74) is 2.02. The van der Waals surface area contributed by atoms with Crippen LogP contribution < -0.4 is 5.32 Å². The second-order valence-corrected chi connectivity index (χ2v) is 5.09. The normalized spacial score (nSPS) is 25.0. The van der Waals surface area contributed by atoms with Gasteiger partial charge < -0.3 is 5.32 Å². The van der Waals surface area contributed by atoms with Gasteiger partial charge in [0.15, 0.2) is 5.65 Å². The third kappa shape index (κ3) is 2.12. The number of aromatic amines is 1. The van der Waals surface area contributed by atoms with E-state index in [1.807, 2.05) is 18.5 Å². The fourth-order valence-electron chi connectivity index (χ4n) is 2.60. The lowest BCUT2D eigenvalue weighted by Gasteiger charge is -2.27. The molecule has 0 atom stereocenters. The lowest BCUT2D eigenvalue weighted by Crippen LogP contribution is -2.25. The van der Waals surface area contributed by atoms with Gasteiger partial charge >= 0.3 is 0 Å². The summed E-state index contributed by atoms with van der Waals surface area (Å²) < 4.78 is 0. The van der Waals surface area contributed by atoms with Crippen LogP contribution in [0.3, 0.4) is 0 Å². The standard InChI is InChI=1S/C13H18N4/c1-9-2-4-10(5-3-9)16-12-6-7-14-13-11(12)8-15-17-13/h6-10H,2-5H2,1H3,(H2,14,15,16,17)/t9-,10-. The molecule has 17 heavy (non-hydrogen) atoms. The Bertz CT molecular complexity index is 497. The summed E-state index contributed by atoms with van der Waals surface area (Å²) in [6, 6.07) is 2.64. The minimum absolute atomic E-state index is 0.603. The van der Waals surface area contributed by atoms with Crippen LogP contribution in [-0.2, 0) is 0 Å². The molecule has 0 radical (unpaired) electrons. The molecule has 2 N–H and O–H groups in total. The van der Waals surface area contributed by atoms with Crippen molar-refractivity contribution in [1.82, 2.24) is 15.2 Å². The second kappa shape index (κ2) is 4.35. The van der Waals surface area contributed by atoms with E-state index < -0.39 is 0 Å². The molecule has 1 fully saturated rings. The van der Waals surface area contributed by atoms with Gasteiger partial charge in [-0.15, -0.1) is 0 Å². The van der Waals surface area contributed by atoms with E-state index in [4.69, 9.17) is 0 Å². The number of hydrogen-bond donors (Lipinski definition) is 2. The van der Waals surface area contributed by atoms with Crippen LogP contribution in [0.4, 0.5) is 5.69 Å². The summed E-state index contributed by atoms with van der Waals surface area (Å²) in [7, 11) is 0. The minimum Gasteiger partial charge on any atom is -0.382 e. The molecule has 0 saturated heterocycles. The molecular weight excluding hydrogens is 212 g/mol. The largest absolute Gasteiger partial charge is 0.382 e. The van der Waals surface area contributed by atoms with Crippen molar-refractivity contribution in [1.29, 1.82) is 0 Å². The molecule has 0 aromatic carbocycles. The van der Waals surface area contributed by atoms with Crippen molar-refractivity contribution in [2.24, 2.45) is 5.92 Å². The van der Waals surface area contributed by atoms with Gasteiger partial charge in [-0.2, -0.15) is 5.10 Å². The number of nitrogens with one attached hydrogen (secondary N) is 2. The van der Waals surface area contributed by atoms with Gasteiger partial charge in [-0.3, -0.25) is 5.10 Å².